The number of aromatic amines is 1. The van der Waals surface area contributed by atoms with Crippen molar-refractivity contribution in [3.8, 4) is 5.75 Å². The van der Waals surface area contributed by atoms with Crippen molar-refractivity contribution in [2.45, 2.75) is 65.6 Å². The molecule has 0 saturated carbocycles. The van der Waals surface area contributed by atoms with Gasteiger partial charge in [-0.25, -0.2) is 9.48 Å². The lowest BCUT2D eigenvalue weighted by molar-refractivity contribution is 0.236. The number of ether oxygens (including phenoxy) is 1. The molecule has 4 aromatic rings. The number of tetrazole rings is 1. The molecule has 0 fully saturated rings. The third kappa shape index (κ3) is 5.24. The first-order valence-electron chi connectivity index (χ1n) is 11.8. The number of unbranched alkanes of at least 4 members (excludes halogenated alkanes) is 1. The highest BCUT2D eigenvalue weighted by Crippen LogP contribution is 2.28. The fraction of sp³-hybridized carbons (Fsp3) is 0.400. The molecular weight excluding hydrogens is 430 g/mol. The highest BCUT2D eigenvalue weighted by molar-refractivity contribution is 5.34. The zero-order valence-electron chi connectivity index (χ0n) is 19.9. The number of hydrogen-bond donors (Lipinski definition) is 1. The van der Waals surface area contributed by atoms with E-state index in [0.29, 0.717) is 24.7 Å². The molecule has 9 heteroatoms. The fourth-order valence-corrected chi connectivity index (χ4v) is 3.92. The van der Waals surface area contributed by atoms with Crippen LogP contribution in [-0.2, 0) is 19.5 Å². The van der Waals surface area contributed by atoms with E-state index in [0.717, 1.165) is 48.2 Å². The van der Waals surface area contributed by atoms with Crippen molar-refractivity contribution in [1.29, 1.82) is 0 Å². The van der Waals surface area contributed by atoms with Gasteiger partial charge in [0.05, 0.1) is 6.54 Å². The maximum atomic E-state index is 12.9. The molecule has 0 spiro atoms. The van der Waals surface area contributed by atoms with Crippen LogP contribution in [0.4, 0.5) is 0 Å². The summed E-state index contributed by atoms with van der Waals surface area (Å²) in [6.07, 6.45) is 3.20. The van der Waals surface area contributed by atoms with Gasteiger partial charge in [-0.3, -0.25) is 4.57 Å². The molecule has 0 amide bonds. The minimum absolute atomic E-state index is 0.0473. The minimum atomic E-state index is -0.485. The van der Waals surface area contributed by atoms with Crippen LogP contribution < -0.4 is 10.4 Å². The van der Waals surface area contributed by atoms with Gasteiger partial charge < -0.3 is 4.74 Å². The van der Waals surface area contributed by atoms with Crippen LogP contribution in [-0.4, -0.2) is 35.0 Å². The summed E-state index contributed by atoms with van der Waals surface area (Å²) in [5.74, 6) is 1.98. The summed E-state index contributed by atoms with van der Waals surface area (Å²) in [7, 11) is 0. The van der Waals surface area contributed by atoms with Crippen molar-refractivity contribution >= 4 is 0 Å². The van der Waals surface area contributed by atoms with E-state index in [2.05, 4.69) is 39.6 Å². The van der Waals surface area contributed by atoms with Gasteiger partial charge in [0.1, 0.15) is 11.6 Å². The van der Waals surface area contributed by atoms with Crippen LogP contribution in [0.2, 0.25) is 0 Å². The normalized spacial score (nSPS) is 12.1. The van der Waals surface area contributed by atoms with Crippen molar-refractivity contribution in [2.24, 2.45) is 0 Å². The Labute approximate surface area is 198 Å². The first-order chi connectivity index (χ1) is 16.6. The second-order valence-corrected chi connectivity index (χ2v) is 8.38. The molecule has 2 aromatic heterocycles. The van der Waals surface area contributed by atoms with Crippen LogP contribution >= 0.6 is 0 Å². The van der Waals surface area contributed by atoms with Crippen molar-refractivity contribution < 1.29 is 4.74 Å². The quantitative estimate of drug-likeness (QED) is 0.364. The largest absolute Gasteiger partial charge is 0.478 e. The Morgan fingerprint density at radius 1 is 1.06 bits per heavy atom. The molecule has 9 nitrogen and oxygen atoms in total. The summed E-state index contributed by atoms with van der Waals surface area (Å²) < 4.78 is 9.68. The predicted molar refractivity (Wildman–Crippen MR) is 129 cm³/mol. The SMILES string of the molecule is CCCCn1nc(CCC)n(Cc2ccc(OC(c3nn[nH]n3)c3ccccc3C)cc2)c1=O. The molecule has 0 radical (unpaired) electrons. The first-order valence-corrected chi connectivity index (χ1v) is 11.8. The average Bonchev–Trinajstić information content (AvgIpc) is 3.48. The molecule has 178 valence electrons. The number of aromatic nitrogens is 7. The van der Waals surface area contributed by atoms with E-state index in [1.165, 1.54) is 0 Å². The van der Waals surface area contributed by atoms with Gasteiger partial charge in [-0.2, -0.15) is 10.3 Å². The average molecular weight is 462 g/mol. The molecule has 4 rings (SSSR count). The number of benzene rings is 2. The van der Waals surface area contributed by atoms with E-state index < -0.39 is 6.10 Å². The van der Waals surface area contributed by atoms with Gasteiger partial charge in [0.2, 0.25) is 5.82 Å². The number of rotatable bonds is 11. The van der Waals surface area contributed by atoms with Gasteiger partial charge in [-0.15, -0.1) is 10.2 Å². The fourth-order valence-electron chi connectivity index (χ4n) is 3.92. The highest BCUT2D eigenvalue weighted by Gasteiger charge is 2.22. The zero-order valence-corrected chi connectivity index (χ0v) is 19.9. The third-order valence-corrected chi connectivity index (χ3v) is 5.78. The molecule has 1 unspecified atom stereocenters. The van der Waals surface area contributed by atoms with Crippen molar-refractivity contribution in [2.75, 3.05) is 0 Å². The van der Waals surface area contributed by atoms with Gasteiger partial charge in [0.25, 0.3) is 0 Å². The van der Waals surface area contributed by atoms with Crippen LogP contribution in [0.15, 0.2) is 53.3 Å². The van der Waals surface area contributed by atoms with E-state index in [1.54, 1.807) is 9.25 Å². The molecule has 0 aliphatic carbocycles. The van der Waals surface area contributed by atoms with Crippen molar-refractivity contribution in [1.82, 2.24) is 35.0 Å². The zero-order chi connectivity index (χ0) is 23.9. The van der Waals surface area contributed by atoms with E-state index >= 15 is 0 Å². The summed E-state index contributed by atoms with van der Waals surface area (Å²) in [6, 6.07) is 15.8. The van der Waals surface area contributed by atoms with Gasteiger partial charge in [-0.05, 0) is 43.0 Å². The molecule has 0 saturated heterocycles. The van der Waals surface area contributed by atoms with Crippen molar-refractivity contribution in [3.63, 3.8) is 0 Å². The lowest BCUT2D eigenvalue weighted by Gasteiger charge is -2.18. The minimum Gasteiger partial charge on any atom is -0.478 e. The maximum Gasteiger partial charge on any atom is 0.346 e. The van der Waals surface area contributed by atoms with Crippen LogP contribution in [0, 0.1) is 6.92 Å². The number of nitrogens with zero attached hydrogens (tertiary/aromatic N) is 6. The van der Waals surface area contributed by atoms with E-state index in [1.807, 2.05) is 55.5 Å². The number of nitrogens with one attached hydrogen (secondary N) is 1. The summed E-state index contributed by atoms with van der Waals surface area (Å²) >= 11 is 0. The highest BCUT2D eigenvalue weighted by atomic mass is 16.5. The molecule has 1 atom stereocenters. The predicted octanol–water partition coefficient (Wildman–Crippen LogP) is 3.84. The summed E-state index contributed by atoms with van der Waals surface area (Å²) in [6.45, 7) is 7.37. The lowest BCUT2D eigenvalue weighted by atomic mass is 10.0. The summed E-state index contributed by atoms with van der Waals surface area (Å²) in [4.78, 5) is 12.9. The van der Waals surface area contributed by atoms with Gasteiger partial charge >= 0.3 is 5.69 Å². The molecule has 0 bridgehead atoms. The molecule has 1 N–H and O–H groups in total. The second kappa shape index (κ2) is 10.9. The Bertz CT molecular complexity index is 1240. The molecule has 2 aromatic carbocycles. The molecule has 2 heterocycles. The first kappa shape index (κ1) is 23.4. The van der Waals surface area contributed by atoms with Crippen LogP contribution in [0.1, 0.15) is 67.6 Å². The Hall–Kier alpha value is -3.75. The van der Waals surface area contributed by atoms with Gasteiger partial charge in [-0.1, -0.05) is 61.9 Å². The summed E-state index contributed by atoms with van der Waals surface area (Å²) in [5.41, 5.74) is 3.02. The van der Waals surface area contributed by atoms with Gasteiger partial charge in [0, 0.05) is 18.5 Å². The molecule has 0 aliphatic heterocycles. The lowest BCUT2D eigenvalue weighted by Crippen LogP contribution is -2.26. The van der Waals surface area contributed by atoms with E-state index in [9.17, 15) is 4.79 Å². The molecule has 34 heavy (non-hydrogen) atoms. The molecular formula is C25H31N7O2. The van der Waals surface area contributed by atoms with E-state index in [-0.39, 0.29) is 5.69 Å². The number of hydrogen-bond acceptors (Lipinski definition) is 6. The van der Waals surface area contributed by atoms with E-state index in [4.69, 9.17) is 4.74 Å². The Balaban J connectivity index is 1.55. The Morgan fingerprint density at radius 2 is 1.85 bits per heavy atom. The van der Waals surface area contributed by atoms with Crippen molar-refractivity contribution in [3.05, 3.63) is 87.4 Å². The number of H-pyrrole nitrogens is 1. The van der Waals surface area contributed by atoms with Crippen LogP contribution in [0.3, 0.4) is 0 Å². The summed E-state index contributed by atoms with van der Waals surface area (Å²) in [5, 5.41) is 19.1. The standard InChI is InChI=1S/C25H31N7O2/c1-4-6-16-32-25(33)31(22(28-32)9-5-2)17-19-12-14-20(15-13-19)34-23(24-26-29-30-27-24)21-11-8-7-10-18(21)3/h7-8,10-15,23H,4-6,9,16-17H2,1-3H3,(H,26,27,29,30). The van der Waals surface area contributed by atoms with Crippen LogP contribution in [0.5, 0.6) is 5.75 Å². The number of aryl methyl sites for hydroxylation is 3. The monoisotopic (exact) mass is 461 g/mol. The maximum absolute atomic E-state index is 12.9. The smallest absolute Gasteiger partial charge is 0.346 e. The second-order valence-electron chi connectivity index (χ2n) is 8.38. The molecule has 0 aliphatic rings. The Morgan fingerprint density at radius 3 is 2.53 bits per heavy atom. The third-order valence-electron chi connectivity index (χ3n) is 5.78. The van der Waals surface area contributed by atoms with Crippen LogP contribution in [0.25, 0.3) is 0 Å². The topological polar surface area (TPSA) is 104 Å². The Kier molecular flexibility index (Phi) is 7.51. The van der Waals surface area contributed by atoms with Gasteiger partial charge in [0.15, 0.2) is 6.10 Å².